The third-order valence-electron chi connectivity index (χ3n) is 4.79. The molecular weight excluding hydrogens is 378 g/mol. The molecule has 2 saturated heterocycles. The zero-order chi connectivity index (χ0) is 18.3. The minimum absolute atomic E-state index is 0.0435. The molecule has 10 heteroatoms. The van der Waals surface area contributed by atoms with Gasteiger partial charge < -0.3 is 14.6 Å². The van der Waals surface area contributed by atoms with Crippen LogP contribution >= 0.6 is 11.3 Å². The first kappa shape index (κ1) is 17.7. The van der Waals surface area contributed by atoms with Crippen molar-refractivity contribution < 1.29 is 17.9 Å². The lowest BCUT2D eigenvalue weighted by Crippen LogP contribution is -2.52. The molecule has 3 heterocycles. The molecule has 2 aromatic rings. The molecule has 1 aromatic heterocycles. The van der Waals surface area contributed by atoms with Crippen LogP contribution in [0.3, 0.4) is 0 Å². The van der Waals surface area contributed by atoms with Gasteiger partial charge in [0.25, 0.3) is 5.91 Å². The molecule has 0 aliphatic carbocycles. The molecule has 8 nitrogen and oxygen atoms in total. The summed E-state index contributed by atoms with van der Waals surface area (Å²) in [7, 11) is -3.66. The van der Waals surface area contributed by atoms with E-state index in [1.54, 1.807) is 11.0 Å². The van der Waals surface area contributed by atoms with Crippen molar-refractivity contribution in [2.45, 2.75) is 23.8 Å². The highest BCUT2D eigenvalue weighted by molar-refractivity contribution is 7.89. The van der Waals surface area contributed by atoms with Crippen molar-refractivity contribution in [3.63, 3.8) is 0 Å². The van der Waals surface area contributed by atoms with Crippen LogP contribution in [0.25, 0.3) is 10.2 Å². The fourth-order valence-corrected chi connectivity index (χ4v) is 5.66. The second-order valence-corrected chi connectivity index (χ2v) is 9.36. The van der Waals surface area contributed by atoms with Gasteiger partial charge in [-0.1, -0.05) is 11.3 Å². The van der Waals surface area contributed by atoms with Gasteiger partial charge in [-0.25, -0.2) is 8.42 Å². The highest BCUT2D eigenvalue weighted by Crippen LogP contribution is 2.24. The second kappa shape index (κ2) is 6.76. The van der Waals surface area contributed by atoms with Gasteiger partial charge in [0, 0.05) is 32.8 Å². The van der Waals surface area contributed by atoms with Gasteiger partial charge in [0.15, 0.2) is 0 Å². The Kier molecular flexibility index (Phi) is 4.59. The lowest BCUT2D eigenvalue weighted by Gasteiger charge is -2.35. The highest BCUT2D eigenvalue weighted by Gasteiger charge is 2.34. The number of ether oxygens (including phenoxy) is 1. The zero-order valence-corrected chi connectivity index (χ0v) is 15.6. The Labute approximate surface area is 154 Å². The van der Waals surface area contributed by atoms with Crippen molar-refractivity contribution >= 4 is 37.5 Å². The van der Waals surface area contributed by atoms with Gasteiger partial charge in [0.05, 0.1) is 15.1 Å². The summed E-state index contributed by atoms with van der Waals surface area (Å²) in [5, 5.41) is 0. The normalized spacial score (nSPS) is 22.2. The van der Waals surface area contributed by atoms with Gasteiger partial charge >= 0.3 is 4.87 Å². The summed E-state index contributed by atoms with van der Waals surface area (Å²) in [5.74, 6) is -0.0435. The standard InChI is InChI=1S/C16H19N3O5S2/c20-15(13-2-1-9-24-13)18-5-7-19(8-6-18)26(22,23)11-3-4-12-14(10-11)25-16(21)17-12/h3-4,10,13H,1-2,5-9H2,(H,17,21)/t13-/m1/s1. The number of hydrogen-bond acceptors (Lipinski definition) is 6. The number of sulfonamides is 1. The fourth-order valence-electron chi connectivity index (χ4n) is 3.36. The smallest absolute Gasteiger partial charge is 0.305 e. The molecule has 4 rings (SSSR count). The maximum Gasteiger partial charge on any atom is 0.305 e. The molecule has 2 aliphatic rings. The molecule has 26 heavy (non-hydrogen) atoms. The van der Waals surface area contributed by atoms with Gasteiger partial charge in [-0.05, 0) is 31.0 Å². The monoisotopic (exact) mass is 397 g/mol. The molecule has 0 radical (unpaired) electrons. The molecule has 2 aliphatic heterocycles. The third-order valence-corrected chi connectivity index (χ3v) is 7.53. The van der Waals surface area contributed by atoms with E-state index < -0.39 is 10.0 Å². The quantitative estimate of drug-likeness (QED) is 0.818. The van der Waals surface area contributed by atoms with Crippen LogP contribution in [0.4, 0.5) is 0 Å². The number of nitrogens with zero attached hydrogens (tertiary/aromatic N) is 2. The molecule has 2 fully saturated rings. The largest absolute Gasteiger partial charge is 0.368 e. The van der Waals surface area contributed by atoms with Crippen molar-refractivity contribution in [2.24, 2.45) is 0 Å². The van der Waals surface area contributed by atoms with Crippen LogP contribution in [0.2, 0.25) is 0 Å². The number of piperazine rings is 1. The van der Waals surface area contributed by atoms with Crippen LogP contribution in [0.1, 0.15) is 12.8 Å². The average molecular weight is 397 g/mol. The zero-order valence-electron chi connectivity index (χ0n) is 14.0. The number of hydrogen-bond donors (Lipinski definition) is 1. The Bertz CT molecular complexity index is 983. The summed E-state index contributed by atoms with van der Waals surface area (Å²) in [5.41, 5.74) is 0.630. The molecule has 0 saturated carbocycles. The van der Waals surface area contributed by atoms with E-state index in [1.807, 2.05) is 0 Å². The lowest BCUT2D eigenvalue weighted by atomic mass is 10.2. The molecule has 1 N–H and O–H groups in total. The predicted molar refractivity (Wildman–Crippen MR) is 96.8 cm³/mol. The van der Waals surface area contributed by atoms with Crippen molar-refractivity contribution in [2.75, 3.05) is 32.8 Å². The van der Waals surface area contributed by atoms with E-state index in [-0.39, 0.29) is 34.9 Å². The first-order valence-corrected chi connectivity index (χ1v) is 10.7. The Morgan fingerprint density at radius 3 is 2.69 bits per heavy atom. The Morgan fingerprint density at radius 1 is 1.23 bits per heavy atom. The average Bonchev–Trinajstić information content (AvgIpc) is 3.29. The van der Waals surface area contributed by atoms with Crippen LogP contribution in [-0.2, 0) is 19.6 Å². The van der Waals surface area contributed by atoms with Gasteiger partial charge in [-0.15, -0.1) is 0 Å². The van der Waals surface area contributed by atoms with Gasteiger partial charge in [-0.2, -0.15) is 4.31 Å². The second-order valence-electron chi connectivity index (χ2n) is 6.40. The van der Waals surface area contributed by atoms with Gasteiger partial charge in [-0.3, -0.25) is 9.59 Å². The fraction of sp³-hybridized carbons (Fsp3) is 0.500. The van der Waals surface area contributed by atoms with E-state index in [1.165, 1.54) is 16.4 Å². The molecule has 1 atom stereocenters. The highest BCUT2D eigenvalue weighted by atomic mass is 32.2. The molecule has 0 bridgehead atoms. The number of benzene rings is 1. The van der Waals surface area contributed by atoms with Crippen LogP contribution in [0, 0.1) is 0 Å². The number of fused-ring (bicyclic) bond motifs is 1. The van der Waals surface area contributed by atoms with Crippen molar-refractivity contribution in [3.8, 4) is 0 Å². The van der Waals surface area contributed by atoms with Crippen LogP contribution in [0.15, 0.2) is 27.9 Å². The molecule has 1 amide bonds. The third kappa shape index (κ3) is 3.18. The summed E-state index contributed by atoms with van der Waals surface area (Å²) < 4.78 is 33.2. The van der Waals surface area contributed by atoms with E-state index >= 15 is 0 Å². The number of nitrogens with one attached hydrogen (secondary N) is 1. The summed E-state index contributed by atoms with van der Waals surface area (Å²) in [6.07, 6.45) is 1.24. The van der Waals surface area contributed by atoms with E-state index in [9.17, 15) is 18.0 Å². The van der Waals surface area contributed by atoms with Gasteiger partial charge in [0.1, 0.15) is 6.10 Å². The van der Waals surface area contributed by atoms with Crippen molar-refractivity contribution in [1.82, 2.24) is 14.2 Å². The summed E-state index contributed by atoms with van der Waals surface area (Å²) in [4.78, 5) is 28.1. The van der Waals surface area contributed by atoms with E-state index in [4.69, 9.17) is 4.74 Å². The first-order valence-electron chi connectivity index (χ1n) is 8.48. The summed E-state index contributed by atoms with van der Waals surface area (Å²) in [6.45, 7) is 1.83. The van der Waals surface area contributed by atoms with Crippen LogP contribution in [-0.4, -0.2) is 67.4 Å². The Morgan fingerprint density at radius 2 is 2.00 bits per heavy atom. The van der Waals surface area contributed by atoms with E-state index in [2.05, 4.69) is 4.98 Å². The number of thiazole rings is 1. The topological polar surface area (TPSA) is 99.8 Å². The molecule has 1 aromatic carbocycles. The minimum atomic E-state index is -3.66. The van der Waals surface area contributed by atoms with E-state index in [0.717, 1.165) is 24.2 Å². The lowest BCUT2D eigenvalue weighted by molar-refractivity contribution is -0.142. The van der Waals surface area contributed by atoms with Gasteiger partial charge in [0.2, 0.25) is 10.0 Å². The maximum absolute atomic E-state index is 12.9. The number of aromatic amines is 1. The van der Waals surface area contributed by atoms with Crippen LogP contribution < -0.4 is 4.87 Å². The molecular formula is C16H19N3O5S2. The number of carbonyl (C=O) groups excluding carboxylic acids is 1. The predicted octanol–water partition coefficient (Wildman–Crippen LogP) is 0.601. The van der Waals surface area contributed by atoms with E-state index in [0.29, 0.717) is 29.9 Å². The van der Waals surface area contributed by atoms with Crippen molar-refractivity contribution in [3.05, 3.63) is 27.9 Å². The number of amides is 1. The van der Waals surface area contributed by atoms with Crippen LogP contribution in [0.5, 0.6) is 0 Å². The number of aromatic nitrogens is 1. The number of rotatable bonds is 3. The first-order chi connectivity index (χ1) is 12.4. The molecule has 0 unspecified atom stereocenters. The summed E-state index contributed by atoms with van der Waals surface area (Å²) in [6, 6.07) is 4.64. The SMILES string of the molecule is O=C([C@H]1CCCO1)N1CCN(S(=O)(=O)c2ccc3[nH]c(=O)sc3c2)CC1. The number of carbonyl (C=O) groups is 1. The minimum Gasteiger partial charge on any atom is -0.368 e. The Balaban J connectivity index is 1.48. The summed E-state index contributed by atoms with van der Waals surface area (Å²) >= 11 is 0.987. The molecule has 0 spiro atoms. The van der Waals surface area contributed by atoms with Crippen molar-refractivity contribution in [1.29, 1.82) is 0 Å². The Hall–Kier alpha value is -1.75. The number of H-pyrrole nitrogens is 1. The molecule has 140 valence electrons. The maximum atomic E-state index is 12.9.